The van der Waals surface area contributed by atoms with Crippen LogP contribution in [0.25, 0.3) is 17.0 Å². The molecule has 0 unspecified atom stereocenters. The Morgan fingerprint density at radius 3 is 2.81 bits per heavy atom. The van der Waals surface area contributed by atoms with Crippen LogP contribution < -0.4 is 15.0 Å². The molecule has 2 aliphatic rings. The van der Waals surface area contributed by atoms with Crippen molar-refractivity contribution in [1.29, 1.82) is 0 Å². The molecule has 7 heteroatoms. The molecular formula is C20H21N3O2S2. The molecule has 2 aliphatic heterocycles. The van der Waals surface area contributed by atoms with Crippen LogP contribution in [0.4, 0.5) is 5.82 Å². The molecule has 1 aromatic heterocycles. The maximum Gasteiger partial charge on any atom is 0.263 e. The number of carbonyl (C=O) groups excluding carboxylic acids is 1. The Morgan fingerprint density at radius 2 is 2.11 bits per heavy atom. The molecule has 3 heterocycles. The Kier molecular flexibility index (Phi) is 5.31. The first kappa shape index (κ1) is 18.3. The van der Waals surface area contributed by atoms with Crippen molar-refractivity contribution in [2.45, 2.75) is 26.2 Å². The Labute approximate surface area is 168 Å². The summed E-state index contributed by atoms with van der Waals surface area (Å²) in [5, 5.41) is 3.68. The van der Waals surface area contributed by atoms with Gasteiger partial charge in [0.1, 0.15) is 15.9 Å². The van der Waals surface area contributed by atoms with E-state index in [0.717, 1.165) is 41.1 Å². The molecule has 2 aromatic rings. The second kappa shape index (κ2) is 7.86. The predicted octanol–water partition coefficient (Wildman–Crippen LogP) is 4.11. The number of benzene rings is 1. The minimum absolute atomic E-state index is 0.141. The highest BCUT2D eigenvalue weighted by Gasteiger charge is 2.24. The monoisotopic (exact) mass is 399 g/mol. The van der Waals surface area contributed by atoms with Crippen LogP contribution in [0.2, 0.25) is 0 Å². The number of hydrogen-bond donors (Lipinski definition) is 1. The summed E-state index contributed by atoms with van der Waals surface area (Å²) < 4.78 is 6.12. The number of pyridine rings is 1. The summed E-state index contributed by atoms with van der Waals surface area (Å²) in [7, 11) is 0. The van der Waals surface area contributed by atoms with Crippen molar-refractivity contribution in [2.75, 3.05) is 24.6 Å². The van der Waals surface area contributed by atoms with Crippen molar-refractivity contribution in [3.05, 3.63) is 34.7 Å². The second-order valence-electron chi connectivity index (χ2n) is 6.59. The SMILES string of the molecule is CCOc1ccc2nc(N3CCCCC3)c(/C=C3/SC(=S)NC3=O)cc2c1. The first-order valence-corrected chi connectivity index (χ1v) is 10.4. The topological polar surface area (TPSA) is 54.5 Å². The van der Waals surface area contributed by atoms with Gasteiger partial charge in [0.15, 0.2) is 0 Å². The fourth-order valence-corrected chi connectivity index (χ4v) is 4.48. The van der Waals surface area contributed by atoms with Gasteiger partial charge in [-0.25, -0.2) is 4.98 Å². The zero-order valence-corrected chi connectivity index (χ0v) is 16.8. The number of thioether (sulfide) groups is 1. The van der Waals surface area contributed by atoms with Crippen LogP contribution in [0, 0.1) is 0 Å². The number of thiocarbonyl (C=S) groups is 1. The van der Waals surface area contributed by atoms with Gasteiger partial charge in [-0.3, -0.25) is 4.79 Å². The van der Waals surface area contributed by atoms with Crippen molar-refractivity contribution in [1.82, 2.24) is 10.3 Å². The van der Waals surface area contributed by atoms with E-state index in [1.165, 1.54) is 31.0 Å². The highest BCUT2D eigenvalue weighted by atomic mass is 32.2. The van der Waals surface area contributed by atoms with Crippen molar-refractivity contribution < 1.29 is 9.53 Å². The molecule has 0 atom stereocenters. The number of carbonyl (C=O) groups is 1. The number of nitrogens with zero attached hydrogens (tertiary/aromatic N) is 2. The average Bonchev–Trinajstić information content (AvgIpc) is 2.99. The van der Waals surface area contributed by atoms with Gasteiger partial charge in [-0.2, -0.15) is 0 Å². The third-order valence-corrected chi connectivity index (χ3v) is 5.85. The van der Waals surface area contributed by atoms with Gasteiger partial charge in [-0.05, 0) is 56.5 Å². The molecule has 1 N–H and O–H groups in total. The van der Waals surface area contributed by atoms with Crippen LogP contribution in [0.3, 0.4) is 0 Å². The van der Waals surface area contributed by atoms with E-state index >= 15 is 0 Å². The minimum Gasteiger partial charge on any atom is -0.494 e. The Bertz CT molecular complexity index is 936. The lowest BCUT2D eigenvalue weighted by molar-refractivity contribution is -0.115. The van der Waals surface area contributed by atoms with Crippen LogP contribution in [0.5, 0.6) is 5.75 Å². The maximum absolute atomic E-state index is 12.1. The summed E-state index contributed by atoms with van der Waals surface area (Å²) in [4.78, 5) is 20.0. The largest absolute Gasteiger partial charge is 0.494 e. The van der Waals surface area contributed by atoms with Gasteiger partial charge in [0.05, 0.1) is 17.0 Å². The summed E-state index contributed by atoms with van der Waals surface area (Å²) >= 11 is 6.42. The van der Waals surface area contributed by atoms with E-state index in [-0.39, 0.29) is 5.91 Å². The minimum atomic E-state index is -0.141. The fraction of sp³-hybridized carbons (Fsp3) is 0.350. The number of anilines is 1. The van der Waals surface area contributed by atoms with Gasteiger partial charge in [-0.15, -0.1) is 0 Å². The number of hydrogen-bond acceptors (Lipinski definition) is 6. The highest BCUT2D eigenvalue weighted by Crippen LogP contribution is 2.33. The first-order valence-electron chi connectivity index (χ1n) is 9.21. The summed E-state index contributed by atoms with van der Waals surface area (Å²) in [5.41, 5.74) is 1.88. The van der Waals surface area contributed by atoms with Crippen LogP contribution in [0.1, 0.15) is 31.7 Å². The van der Waals surface area contributed by atoms with Crippen molar-refractivity contribution in [2.24, 2.45) is 0 Å². The molecule has 0 bridgehead atoms. The summed E-state index contributed by atoms with van der Waals surface area (Å²) in [6.07, 6.45) is 5.49. The number of aromatic nitrogens is 1. The molecule has 0 radical (unpaired) electrons. The molecule has 2 saturated heterocycles. The summed E-state index contributed by atoms with van der Waals surface area (Å²) in [6, 6.07) is 8.05. The van der Waals surface area contributed by atoms with Crippen LogP contribution in [0.15, 0.2) is 29.2 Å². The van der Waals surface area contributed by atoms with Gasteiger partial charge in [0, 0.05) is 24.0 Å². The molecule has 0 aliphatic carbocycles. The Morgan fingerprint density at radius 1 is 1.30 bits per heavy atom. The van der Waals surface area contributed by atoms with E-state index in [4.69, 9.17) is 21.9 Å². The molecule has 140 valence electrons. The van der Waals surface area contributed by atoms with Gasteiger partial charge in [-0.1, -0.05) is 24.0 Å². The predicted molar refractivity (Wildman–Crippen MR) is 115 cm³/mol. The lowest BCUT2D eigenvalue weighted by Crippen LogP contribution is -2.30. The number of fused-ring (bicyclic) bond motifs is 1. The number of amides is 1. The van der Waals surface area contributed by atoms with Crippen LogP contribution >= 0.6 is 24.0 Å². The van der Waals surface area contributed by atoms with Crippen molar-refractivity contribution >= 4 is 57.0 Å². The Balaban J connectivity index is 1.82. The number of piperidine rings is 1. The smallest absolute Gasteiger partial charge is 0.263 e. The highest BCUT2D eigenvalue weighted by molar-refractivity contribution is 8.26. The third-order valence-electron chi connectivity index (χ3n) is 4.69. The lowest BCUT2D eigenvalue weighted by atomic mass is 10.1. The summed E-state index contributed by atoms with van der Waals surface area (Å²) in [5.74, 6) is 1.62. The lowest BCUT2D eigenvalue weighted by Gasteiger charge is -2.29. The van der Waals surface area contributed by atoms with Gasteiger partial charge in [0.2, 0.25) is 0 Å². The van der Waals surface area contributed by atoms with Crippen molar-refractivity contribution in [3.63, 3.8) is 0 Å². The fourth-order valence-electron chi connectivity index (χ4n) is 3.44. The molecular weight excluding hydrogens is 378 g/mol. The van der Waals surface area contributed by atoms with E-state index in [9.17, 15) is 4.79 Å². The third kappa shape index (κ3) is 3.94. The molecule has 27 heavy (non-hydrogen) atoms. The van der Waals surface area contributed by atoms with Crippen LogP contribution in [-0.4, -0.2) is 34.9 Å². The first-order chi connectivity index (χ1) is 13.1. The Hall–Kier alpha value is -2.12. The maximum atomic E-state index is 12.1. The molecule has 1 aromatic carbocycles. The normalized spacial score (nSPS) is 19.0. The molecule has 1 amide bonds. The molecule has 4 rings (SSSR count). The quantitative estimate of drug-likeness (QED) is 0.617. The van der Waals surface area contributed by atoms with E-state index in [2.05, 4.69) is 16.3 Å². The van der Waals surface area contributed by atoms with Gasteiger partial charge in [0.25, 0.3) is 5.91 Å². The molecule has 0 spiro atoms. The van der Waals surface area contributed by atoms with Gasteiger partial charge < -0.3 is 15.0 Å². The van der Waals surface area contributed by atoms with Gasteiger partial charge >= 0.3 is 0 Å². The number of ether oxygens (including phenoxy) is 1. The number of rotatable bonds is 4. The average molecular weight is 400 g/mol. The van der Waals surface area contributed by atoms with E-state index < -0.39 is 0 Å². The number of nitrogens with one attached hydrogen (secondary N) is 1. The van der Waals surface area contributed by atoms with Crippen LogP contribution in [-0.2, 0) is 4.79 Å². The molecule has 5 nitrogen and oxygen atoms in total. The standard InChI is InChI=1S/C20H21N3O2S2/c1-2-25-15-6-7-16-13(11-15)10-14(12-17-19(24)22-20(26)27-17)18(21-16)23-8-4-3-5-9-23/h6-7,10-12H,2-5,8-9H2,1H3,(H,22,24,26)/b17-12+. The van der Waals surface area contributed by atoms with Crippen molar-refractivity contribution in [3.8, 4) is 5.75 Å². The second-order valence-corrected chi connectivity index (χ2v) is 8.31. The summed E-state index contributed by atoms with van der Waals surface area (Å²) in [6.45, 7) is 4.57. The molecule has 2 fully saturated rings. The molecule has 0 saturated carbocycles. The van der Waals surface area contributed by atoms with E-state index in [0.29, 0.717) is 15.8 Å². The zero-order chi connectivity index (χ0) is 18.8. The van der Waals surface area contributed by atoms with E-state index in [1.54, 1.807) is 0 Å². The van der Waals surface area contributed by atoms with E-state index in [1.807, 2.05) is 31.2 Å². The zero-order valence-electron chi connectivity index (χ0n) is 15.2.